The lowest BCUT2D eigenvalue weighted by atomic mass is 9.83. The number of allylic oxidation sites excluding steroid dienone is 1. The highest BCUT2D eigenvalue weighted by Gasteiger charge is 2.40. The Labute approximate surface area is 176 Å². The van der Waals surface area contributed by atoms with Crippen LogP contribution in [-0.4, -0.2) is 40.8 Å². The highest BCUT2D eigenvalue weighted by Crippen LogP contribution is 2.37. The molecular weight excluding hydrogens is 368 g/mol. The van der Waals surface area contributed by atoms with Crippen LogP contribution >= 0.6 is 0 Å². The van der Waals surface area contributed by atoms with E-state index in [2.05, 4.69) is 18.2 Å². The van der Waals surface area contributed by atoms with Crippen LogP contribution in [0.2, 0.25) is 0 Å². The van der Waals surface area contributed by atoms with Gasteiger partial charge in [-0.2, -0.15) is 0 Å². The van der Waals surface area contributed by atoms with Gasteiger partial charge in [0.05, 0.1) is 18.8 Å². The van der Waals surface area contributed by atoms with Crippen molar-refractivity contribution in [3.8, 4) is 0 Å². The molecule has 0 saturated heterocycles. The van der Waals surface area contributed by atoms with Gasteiger partial charge in [0.15, 0.2) is 0 Å². The lowest BCUT2D eigenvalue weighted by molar-refractivity contribution is -0.134. The molecular formula is C24H40O5. The number of hydrogen-bond acceptors (Lipinski definition) is 5. The largest absolute Gasteiger partial charge is 0.466 e. The summed E-state index contributed by atoms with van der Waals surface area (Å²) in [6.07, 6.45) is 14.0. The molecule has 0 radical (unpaired) electrons. The fourth-order valence-corrected chi connectivity index (χ4v) is 4.31. The van der Waals surface area contributed by atoms with Gasteiger partial charge in [-0.3, -0.25) is 4.79 Å². The van der Waals surface area contributed by atoms with Crippen LogP contribution in [0.25, 0.3) is 0 Å². The zero-order valence-corrected chi connectivity index (χ0v) is 18.3. The fraction of sp³-hybridized carbons (Fsp3) is 0.750. The molecule has 1 saturated carbocycles. The molecule has 0 aromatic carbocycles. The first-order valence-corrected chi connectivity index (χ1v) is 11.2. The van der Waals surface area contributed by atoms with Crippen molar-refractivity contribution in [1.29, 1.82) is 0 Å². The second-order valence-electron chi connectivity index (χ2n) is 8.38. The number of carbonyl (C=O) groups is 2. The molecule has 29 heavy (non-hydrogen) atoms. The molecule has 2 N–H and O–H groups in total. The molecule has 0 aliphatic heterocycles. The Morgan fingerprint density at radius 1 is 1.21 bits per heavy atom. The third-order valence-corrected chi connectivity index (χ3v) is 6.17. The predicted molar refractivity (Wildman–Crippen MR) is 115 cm³/mol. The van der Waals surface area contributed by atoms with E-state index in [4.69, 9.17) is 0 Å². The average Bonchev–Trinajstić information content (AvgIpc) is 2.97. The summed E-state index contributed by atoms with van der Waals surface area (Å²) in [5.41, 5.74) is -0.843. The van der Waals surface area contributed by atoms with E-state index < -0.39 is 11.7 Å². The Balaban J connectivity index is 2.43. The number of aliphatic hydroxyl groups is 2. The fourth-order valence-electron chi connectivity index (χ4n) is 4.31. The van der Waals surface area contributed by atoms with Crippen molar-refractivity contribution in [3.63, 3.8) is 0 Å². The number of carbonyl (C=O) groups excluding carboxylic acids is 2. The first-order valence-electron chi connectivity index (χ1n) is 11.2. The van der Waals surface area contributed by atoms with E-state index in [-0.39, 0.29) is 30.0 Å². The Kier molecular flexibility index (Phi) is 12.1. The Morgan fingerprint density at radius 3 is 2.59 bits per heavy atom. The summed E-state index contributed by atoms with van der Waals surface area (Å²) < 4.78 is 4.55. The maximum absolute atomic E-state index is 12.3. The molecule has 0 aromatic heterocycles. The normalized spacial score (nSPS) is 24.0. The maximum Gasteiger partial charge on any atom is 0.330 e. The van der Waals surface area contributed by atoms with E-state index in [1.54, 1.807) is 12.2 Å². The maximum atomic E-state index is 12.3. The molecule has 166 valence electrons. The third-order valence-electron chi connectivity index (χ3n) is 6.17. The molecule has 1 aliphatic rings. The molecule has 0 bridgehead atoms. The molecule has 0 heterocycles. The van der Waals surface area contributed by atoms with Crippen molar-refractivity contribution in [3.05, 3.63) is 24.8 Å². The van der Waals surface area contributed by atoms with Crippen LogP contribution in [0.5, 0.6) is 0 Å². The van der Waals surface area contributed by atoms with Crippen LogP contribution in [0.15, 0.2) is 24.8 Å². The van der Waals surface area contributed by atoms with Crippen LogP contribution in [0.4, 0.5) is 0 Å². The second kappa shape index (κ2) is 13.7. The number of ketones is 1. The van der Waals surface area contributed by atoms with Crippen molar-refractivity contribution in [2.75, 3.05) is 7.11 Å². The standard InChI is InChI=1S/C24H40O5/c1-4-6-11-16-24(28,5-2)17-12-14-20-19(21(25)18-22(20)26)13-9-7-8-10-15-23(27)29-3/h5,10,15,19-20,22,26,28H,2,4,6-9,11-14,16-18H2,1,3H3/t19-,20-,22-,24+/m1/s1. The van der Waals surface area contributed by atoms with Gasteiger partial charge in [0.1, 0.15) is 5.78 Å². The smallest absolute Gasteiger partial charge is 0.330 e. The van der Waals surface area contributed by atoms with Gasteiger partial charge in [-0.25, -0.2) is 4.79 Å². The van der Waals surface area contributed by atoms with E-state index in [0.29, 0.717) is 6.42 Å². The summed E-state index contributed by atoms with van der Waals surface area (Å²) in [7, 11) is 1.35. The van der Waals surface area contributed by atoms with Crippen molar-refractivity contribution in [2.45, 2.75) is 95.7 Å². The van der Waals surface area contributed by atoms with Crippen molar-refractivity contribution in [1.82, 2.24) is 0 Å². The van der Waals surface area contributed by atoms with E-state index in [1.807, 2.05) is 0 Å². The highest BCUT2D eigenvalue weighted by molar-refractivity contribution is 5.84. The van der Waals surface area contributed by atoms with Crippen LogP contribution in [0, 0.1) is 11.8 Å². The topological polar surface area (TPSA) is 83.8 Å². The van der Waals surface area contributed by atoms with Crippen LogP contribution < -0.4 is 0 Å². The summed E-state index contributed by atoms with van der Waals surface area (Å²) >= 11 is 0. The molecule has 1 fully saturated rings. The summed E-state index contributed by atoms with van der Waals surface area (Å²) in [4.78, 5) is 23.4. The Morgan fingerprint density at radius 2 is 1.93 bits per heavy atom. The van der Waals surface area contributed by atoms with Gasteiger partial charge in [-0.1, -0.05) is 44.8 Å². The van der Waals surface area contributed by atoms with Crippen LogP contribution in [0.3, 0.4) is 0 Å². The van der Waals surface area contributed by atoms with Crippen LogP contribution in [0.1, 0.15) is 84.0 Å². The molecule has 5 nitrogen and oxygen atoms in total. The van der Waals surface area contributed by atoms with Crippen molar-refractivity contribution >= 4 is 11.8 Å². The molecule has 0 spiro atoms. The number of ether oxygens (including phenoxy) is 1. The molecule has 0 aromatic rings. The third kappa shape index (κ3) is 9.26. The van der Waals surface area contributed by atoms with E-state index in [0.717, 1.165) is 64.2 Å². The molecule has 1 rings (SSSR count). The number of aliphatic hydroxyl groups excluding tert-OH is 1. The SMILES string of the molecule is C=C[C@](O)(CCCCC)CCC[C@H]1[C@H](O)CC(=O)[C@@H]1CCCCC=CC(=O)OC. The number of esters is 1. The quantitative estimate of drug-likeness (QED) is 0.180. The minimum absolute atomic E-state index is 0.0159. The zero-order chi connectivity index (χ0) is 21.7. The first-order chi connectivity index (χ1) is 13.9. The number of methoxy groups -OCH3 is 1. The van der Waals surface area contributed by atoms with Gasteiger partial charge in [0.2, 0.25) is 0 Å². The molecule has 5 heteroatoms. The van der Waals surface area contributed by atoms with E-state index >= 15 is 0 Å². The minimum atomic E-state index is -0.843. The number of unbranched alkanes of at least 4 members (excludes halogenated alkanes) is 4. The molecule has 4 atom stereocenters. The predicted octanol–water partition coefficient (Wildman–Crippen LogP) is 4.51. The minimum Gasteiger partial charge on any atom is -0.466 e. The van der Waals surface area contributed by atoms with Gasteiger partial charge in [-0.05, 0) is 50.9 Å². The summed E-state index contributed by atoms with van der Waals surface area (Å²) in [5, 5.41) is 21.1. The average molecular weight is 409 g/mol. The second-order valence-corrected chi connectivity index (χ2v) is 8.38. The number of rotatable bonds is 15. The van der Waals surface area contributed by atoms with Gasteiger partial charge < -0.3 is 14.9 Å². The highest BCUT2D eigenvalue weighted by atomic mass is 16.5. The lowest BCUT2D eigenvalue weighted by Crippen LogP contribution is -2.27. The van der Waals surface area contributed by atoms with Gasteiger partial charge in [0.25, 0.3) is 0 Å². The summed E-state index contributed by atoms with van der Waals surface area (Å²) in [6, 6.07) is 0. The zero-order valence-electron chi connectivity index (χ0n) is 18.3. The van der Waals surface area contributed by atoms with Crippen molar-refractivity contribution < 1.29 is 24.5 Å². The van der Waals surface area contributed by atoms with E-state index in [9.17, 15) is 19.8 Å². The first kappa shape index (κ1) is 25.6. The molecule has 0 unspecified atom stereocenters. The Hall–Kier alpha value is -1.46. The number of hydrogen-bond donors (Lipinski definition) is 2. The summed E-state index contributed by atoms with van der Waals surface area (Å²) in [6.45, 7) is 5.94. The van der Waals surface area contributed by atoms with Gasteiger partial charge in [0, 0.05) is 18.4 Å². The summed E-state index contributed by atoms with van der Waals surface area (Å²) in [5.74, 6) is -0.299. The lowest BCUT2D eigenvalue weighted by Gasteiger charge is -2.26. The van der Waals surface area contributed by atoms with E-state index in [1.165, 1.54) is 13.2 Å². The van der Waals surface area contributed by atoms with Crippen LogP contribution in [-0.2, 0) is 14.3 Å². The van der Waals surface area contributed by atoms with Crippen molar-refractivity contribution in [2.24, 2.45) is 11.8 Å². The van der Waals surface area contributed by atoms with Gasteiger partial charge >= 0.3 is 5.97 Å². The Bertz CT molecular complexity index is 541. The monoisotopic (exact) mass is 408 g/mol. The number of Topliss-reactive ketones (excluding diaryl/α,β-unsaturated/α-hetero) is 1. The van der Waals surface area contributed by atoms with Gasteiger partial charge in [-0.15, -0.1) is 6.58 Å². The molecule has 0 amide bonds. The molecule has 1 aliphatic carbocycles.